The van der Waals surface area contributed by atoms with Gasteiger partial charge >= 0.3 is 19.8 Å². The van der Waals surface area contributed by atoms with Gasteiger partial charge in [-0.3, -0.25) is 18.6 Å². The highest BCUT2D eigenvalue weighted by molar-refractivity contribution is 7.47. The standard InChI is InChI=1S/C32H63O10P/c1-5-28(4)20-16-12-9-10-14-18-22-32(36)42-30(26-41-43(37,38)40-24-29(34)23-33)25-39-31(35)21-17-13-8-6-7-11-15-19-27(2)3/h27-30,33-34H,5-26H2,1-4H3,(H,37,38)/t28?,29-,30+/m0/s1. The maximum Gasteiger partial charge on any atom is 0.472 e. The van der Waals surface area contributed by atoms with Gasteiger partial charge in [-0.25, -0.2) is 4.57 Å². The van der Waals surface area contributed by atoms with Crippen LogP contribution < -0.4 is 0 Å². The van der Waals surface area contributed by atoms with Crippen LogP contribution in [0.5, 0.6) is 0 Å². The summed E-state index contributed by atoms with van der Waals surface area (Å²) in [5.41, 5.74) is 0. The zero-order valence-electron chi connectivity index (χ0n) is 27.5. The second-order valence-corrected chi connectivity index (χ2v) is 13.7. The van der Waals surface area contributed by atoms with Crippen molar-refractivity contribution in [3.8, 4) is 0 Å². The molecule has 4 atom stereocenters. The average Bonchev–Trinajstić information content (AvgIpc) is 2.97. The number of hydrogen-bond donors (Lipinski definition) is 3. The molecule has 10 nitrogen and oxygen atoms in total. The minimum Gasteiger partial charge on any atom is -0.462 e. The van der Waals surface area contributed by atoms with Gasteiger partial charge in [0.25, 0.3) is 0 Å². The van der Waals surface area contributed by atoms with Crippen LogP contribution in [0.3, 0.4) is 0 Å². The second kappa shape index (κ2) is 27.3. The summed E-state index contributed by atoms with van der Waals surface area (Å²) in [4.78, 5) is 34.6. The van der Waals surface area contributed by atoms with E-state index in [2.05, 4.69) is 32.2 Å². The summed E-state index contributed by atoms with van der Waals surface area (Å²) in [7, 11) is -4.60. The molecule has 11 heteroatoms. The van der Waals surface area contributed by atoms with Crippen molar-refractivity contribution in [1.82, 2.24) is 0 Å². The van der Waals surface area contributed by atoms with E-state index in [1.165, 1.54) is 51.4 Å². The van der Waals surface area contributed by atoms with Crippen LogP contribution >= 0.6 is 7.82 Å². The van der Waals surface area contributed by atoms with Crippen LogP contribution in [0.15, 0.2) is 0 Å². The molecule has 0 radical (unpaired) electrons. The smallest absolute Gasteiger partial charge is 0.462 e. The molecule has 0 fully saturated rings. The van der Waals surface area contributed by atoms with E-state index in [4.69, 9.17) is 19.1 Å². The Kier molecular flexibility index (Phi) is 26.6. The van der Waals surface area contributed by atoms with Crippen molar-refractivity contribution in [1.29, 1.82) is 0 Å². The van der Waals surface area contributed by atoms with Crippen LogP contribution in [-0.4, -0.2) is 65.7 Å². The third-order valence-electron chi connectivity index (χ3n) is 7.48. The van der Waals surface area contributed by atoms with Crippen molar-refractivity contribution in [2.24, 2.45) is 11.8 Å². The molecule has 0 saturated heterocycles. The van der Waals surface area contributed by atoms with Gasteiger partial charge in [0.2, 0.25) is 0 Å². The number of aliphatic hydroxyl groups is 2. The van der Waals surface area contributed by atoms with Crippen LogP contribution in [-0.2, 0) is 32.7 Å². The number of aliphatic hydroxyl groups excluding tert-OH is 2. The van der Waals surface area contributed by atoms with Crippen molar-refractivity contribution >= 4 is 19.8 Å². The zero-order chi connectivity index (χ0) is 32.3. The molecule has 0 aromatic carbocycles. The molecule has 0 aliphatic rings. The fraction of sp³-hybridized carbons (Fsp3) is 0.938. The van der Waals surface area contributed by atoms with E-state index in [1.54, 1.807) is 0 Å². The Morgan fingerprint density at radius 2 is 1.19 bits per heavy atom. The quantitative estimate of drug-likeness (QED) is 0.0417. The van der Waals surface area contributed by atoms with Gasteiger partial charge in [0, 0.05) is 12.8 Å². The van der Waals surface area contributed by atoms with Gasteiger partial charge in [0.05, 0.1) is 19.8 Å². The topological polar surface area (TPSA) is 149 Å². The van der Waals surface area contributed by atoms with Gasteiger partial charge < -0.3 is 24.6 Å². The highest BCUT2D eigenvalue weighted by atomic mass is 31.2. The summed E-state index contributed by atoms with van der Waals surface area (Å²) in [5.74, 6) is 0.584. The van der Waals surface area contributed by atoms with Gasteiger partial charge in [-0.05, 0) is 24.7 Å². The van der Waals surface area contributed by atoms with Gasteiger partial charge in [0.15, 0.2) is 6.10 Å². The maximum absolute atomic E-state index is 12.4. The first-order valence-corrected chi connectivity index (χ1v) is 18.2. The summed E-state index contributed by atoms with van der Waals surface area (Å²) in [6, 6.07) is 0. The fourth-order valence-corrected chi connectivity index (χ4v) is 5.24. The largest absolute Gasteiger partial charge is 0.472 e. The summed E-state index contributed by atoms with van der Waals surface area (Å²) in [6.45, 7) is 6.87. The lowest BCUT2D eigenvalue weighted by molar-refractivity contribution is -0.161. The Balaban J connectivity index is 4.47. The normalized spacial score (nSPS) is 15.2. The van der Waals surface area contributed by atoms with E-state index in [0.717, 1.165) is 50.4 Å². The summed E-state index contributed by atoms with van der Waals surface area (Å²) in [6.07, 6.45) is 15.5. The SMILES string of the molecule is CCC(C)CCCCCCCCC(=O)O[C@H](COC(=O)CCCCCCCCCC(C)C)COP(=O)(O)OC[C@@H](O)CO. The Hall–Kier alpha value is -1.03. The summed E-state index contributed by atoms with van der Waals surface area (Å²) < 4.78 is 32.4. The molecule has 0 aromatic heterocycles. The van der Waals surface area contributed by atoms with E-state index >= 15 is 0 Å². The number of hydrogen-bond acceptors (Lipinski definition) is 9. The number of phosphoric ester groups is 1. The van der Waals surface area contributed by atoms with E-state index in [0.29, 0.717) is 12.8 Å². The molecule has 0 aromatic rings. The van der Waals surface area contributed by atoms with Crippen LogP contribution in [0.25, 0.3) is 0 Å². The van der Waals surface area contributed by atoms with Gasteiger partial charge in [-0.1, -0.05) is 118 Å². The molecule has 0 aliphatic carbocycles. The van der Waals surface area contributed by atoms with Crippen LogP contribution in [0.4, 0.5) is 0 Å². The Morgan fingerprint density at radius 1 is 0.698 bits per heavy atom. The van der Waals surface area contributed by atoms with Crippen LogP contribution in [0.2, 0.25) is 0 Å². The number of ether oxygens (including phenoxy) is 2. The Labute approximate surface area is 261 Å². The lowest BCUT2D eigenvalue weighted by Crippen LogP contribution is -2.29. The molecular formula is C32H63O10P. The van der Waals surface area contributed by atoms with Gasteiger partial charge in [-0.15, -0.1) is 0 Å². The minimum absolute atomic E-state index is 0.185. The van der Waals surface area contributed by atoms with E-state index < -0.39 is 51.8 Å². The molecule has 0 amide bonds. The molecule has 0 spiro atoms. The van der Waals surface area contributed by atoms with E-state index in [9.17, 15) is 24.2 Å². The maximum atomic E-state index is 12.4. The average molecular weight is 639 g/mol. The predicted molar refractivity (Wildman–Crippen MR) is 168 cm³/mol. The predicted octanol–water partition coefficient (Wildman–Crippen LogP) is 7.26. The van der Waals surface area contributed by atoms with Crippen molar-refractivity contribution in [3.05, 3.63) is 0 Å². The molecule has 0 aliphatic heterocycles. The lowest BCUT2D eigenvalue weighted by Gasteiger charge is -2.20. The molecule has 2 unspecified atom stereocenters. The number of unbranched alkanes of at least 4 members (excludes halogenated alkanes) is 11. The molecule has 0 bridgehead atoms. The molecule has 43 heavy (non-hydrogen) atoms. The molecule has 256 valence electrons. The first-order chi connectivity index (χ1) is 20.5. The monoisotopic (exact) mass is 638 g/mol. The van der Waals surface area contributed by atoms with Crippen LogP contribution in [0.1, 0.15) is 143 Å². The summed E-state index contributed by atoms with van der Waals surface area (Å²) >= 11 is 0. The van der Waals surface area contributed by atoms with Gasteiger partial charge in [0.1, 0.15) is 12.7 Å². The molecule has 0 rings (SSSR count). The first kappa shape index (κ1) is 42.0. The highest BCUT2D eigenvalue weighted by Gasteiger charge is 2.27. The molecule has 0 saturated carbocycles. The number of carbonyl (C=O) groups is 2. The Morgan fingerprint density at radius 3 is 1.72 bits per heavy atom. The lowest BCUT2D eigenvalue weighted by atomic mass is 10.00. The number of rotatable bonds is 30. The Bertz CT molecular complexity index is 733. The van der Waals surface area contributed by atoms with Gasteiger partial charge in [-0.2, -0.15) is 0 Å². The minimum atomic E-state index is -4.60. The third-order valence-corrected chi connectivity index (χ3v) is 8.43. The molecular weight excluding hydrogens is 575 g/mol. The van der Waals surface area contributed by atoms with Crippen LogP contribution in [0, 0.1) is 11.8 Å². The zero-order valence-corrected chi connectivity index (χ0v) is 28.4. The highest BCUT2D eigenvalue weighted by Crippen LogP contribution is 2.43. The van der Waals surface area contributed by atoms with E-state index in [-0.39, 0.29) is 19.4 Å². The molecule has 0 heterocycles. The first-order valence-electron chi connectivity index (χ1n) is 16.7. The van der Waals surface area contributed by atoms with E-state index in [1.807, 2.05) is 0 Å². The number of carbonyl (C=O) groups excluding carboxylic acids is 2. The molecule has 3 N–H and O–H groups in total. The van der Waals surface area contributed by atoms with Crippen molar-refractivity contribution in [3.63, 3.8) is 0 Å². The fourth-order valence-electron chi connectivity index (χ4n) is 4.45. The summed E-state index contributed by atoms with van der Waals surface area (Å²) in [5, 5.41) is 18.2. The number of esters is 2. The van der Waals surface area contributed by atoms with Crippen molar-refractivity contribution < 1.29 is 47.8 Å². The third kappa shape index (κ3) is 28.2. The number of phosphoric acid groups is 1. The van der Waals surface area contributed by atoms with Crippen molar-refractivity contribution in [2.75, 3.05) is 26.4 Å². The second-order valence-electron chi connectivity index (χ2n) is 12.3. The van der Waals surface area contributed by atoms with Crippen molar-refractivity contribution in [2.45, 2.75) is 155 Å².